The second-order valence-corrected chi connectivity index (χ2v) is 3.77. The van der Waals surface area contributed by atoms with Gasteiger partial charge in [-0.15, -0.1) is 6.58 Å². The number of carbonyl (C=O) groups is 1. The number of esters is 1. The summed E-state index contributed by atoms with van der Waals surface area (Å²) < 4.78 is 4.93. The molecule has 0 heterocycles. The Balaban J connectivity index is 3.69. The zero-order valence-corrected chi connectivity index (χ0v) is 9.92. The number of rotatable bonds is 8. The van der Waals surface area contributed by atoms with Gasteiger partial charge in [0.1, 0.15) is 0 Å². The molecule has 0 radical (unpaired) electrons. The van der Waals surface area contributed by atoms with E-state index in [1.807, 2.05) is 19.9 Å². The predicted molar refractivity (Wildman–Crippen MR) is 63.6 cm³/mol. The Morgan fingerprint density at radius 2 is 2.13 bits per heavy atom. The maximum Gasteiger partial charge on any atom is 0.308 e. The Morgan fingerprint density at radius 1 is 1.47 bits per heavy atom. The minimum Gasteiger partial charge on any atom is -0.466 e. The number of allylic oxidation sites excluding steroid dienone is 2. The van der Waals surface area contributed by atoms with Crippen LogP contribution in [0.3, 0.4) is 0 Å². The van der Waals surface area contributed by atoms with E-state index in [1.54, 1.807) is 0 Å². The van der Waals surface area contributed by atoms with E-state index in [9.17, 15) is 4.79 Å². The van der Waals surface area contributed by atoms with Crippen LogP contribution in [0.5, 0.6) is 0 Å². The van der Waals surface area contributed by atoms with Gasteiger partial charge in [-0.05, 0) is 32.6 Å². The Hall–Kier alpha value is -1.05. The topological polar surface area (TPSA) is 26.3 Å². The maximum atomic E-state index is 11.3. The molecule has 0 saturated carbocycles. The van der Waals surface area contributed by atoms with Crippen LogP contribution in [0, 0.1) is 5.92 Å². The van der Waals surface area contributed by atoms with Crippen LogP contribution in [-0.4, -0.2) is 12.6 Å². The van der Waals surface area contributed by atoms with E-state index in [0.29, 0.717) is 6.61 Å². The van der Waals surface area contributed by atoms with Crippen LogP contribution in [0.1, 0.15) is 39.5 Å². The summed E-state index contributed by atoms with van der Waals surface area (Å²) >= 11 is 0. The third kappa shape index (κ3) is 6.95. The van der Waals surface area contributed by atoms with Crippen molar-refractivity contribution in [2.75, 3.05) is 6.61 Å². The van der Waals surface area contributed by atoms with E-state index in [4.69, 9.17) is 4.74 Å². The molecule has 86 valence electrons. The molecule has 1 unspecified atom stereocenters. The highest BCUT2D eigenvalue weighted by molar-refractivity contribution is 5.71. The molecule has 15 heavy (non-hydrogen) atoms. The molecule has 0 aliphatic carbocycles. The summed E-state index contributed by atoms with van der Waals surface area (Å²) in [5.74, 6) is -0.126. The van der Waals surface area contributed by atoms with Crippen molar-refractivity contribution >= 4 is 5.97 Å². The normalized spacial score (nSPS) is 11.9. The molecule has 0 aliphatic heterocycles. The molecule has 0 rings (SSSR count). The molecule has 0 aromatic rings. The summed E-state index contributed by atoms with van der Waals surface area (Å²) in [6.07, 6.45) is 5.55. The summed E-state index contributed by atoms with van der Waals surface area (Å²) in [5, 5.41) is 0. The standard InChI is InChI=1S/C13H22O2/c1-5-7-8-11(3)9-10-12(4)13(14)15-6-2/h5,12H,1,3,6-10H2,2,4H3. The van der Waals surface area contributed by atoms with Crippen LogP contribution in [0.25, 0.3) is 0 Å². The highest BCUT2D eigenvalue weighted by Gasteiger charge is 2.13. The van der Waals surface area contributed by atoms with Gasteiger partial charge in [-0.2, -0.15) is 0 Å². The van der Waals surface area contributed by atoms with Gasteiger partial charge < -0.3 is 4.74 Å². The fourth-order valence-corrected chi connectivity index (χ4v) is 1.25. The molecule has 0 spiro atoms. The van der Waals surface area contributed by atoms with Crippen molar-refractivity contribution in [3.8, 4) is 0 Å². The first-order valence-corrected chi connectivity index (χ1v) is 5.56. The van der Waals surface area contributed by atoms with Crippen LogP contribution >= 0.6 is 0 Å². The minimum absolute atomic E-state index is 0.0227. The van der Waals surface area contributed by atoms with E-state index in [2.05, 4.69) is 13.2 Å². The molecule has 1 atom stereocenters. The molecule has 0 N–H and O–H groups in total. The van der Waals surface area contributed by atoms with Crippen LogP contribution in [-0.2, 0) is 9.53 Å². The zero-order valence-electron chi connectivity index (χ0n) is 9.92. The second kappa shape index (κ2) is 8.27. The van der Waals surface area contributed by atoms with E-state index in [1.165, 1.54) is 5.57 Å². The van der Waals surface area contributed by atoms with Gasteiger partial charge in [-0.3, -0.25) is 4.79 Å². The molecule has 0 aliphatic rings. The van der Waals surface area contributed by atoms with Crippen molar-refractivity contribution in [1.82, 2.24) is 0 Å². The predicted octanol–water partition coefficient (Wildman–Crippen LogP) is 3.49. The Morgan fingerprint density at radius 3 is 2.67 bits per heavy atom. The fourth-order valence-electron chi connectivity index (χ4n) is 1.25. The molecule has 0 saturated heterocycles. The van der Waals surface area contributed by atoms with Crippen molar-refractivity contribution < 1.29 is 9.53 Å². The lowest BCUT2D eigenvalue weighted by atomic mass is 9.99. The Bertz CT molecular complexity index is 219. The van der Waals surface area contributed by atoms with Gasteiger partial charge in [0.2, 0.25) is 0 Å². The molecule has 0 bridgehead atoms. The van der Waals surface area contributed by atoms with Gasteiger partial charge >= 0.3 is 5.97 Å². The summed E-state index contributed by atoms with van der Waals surface area (Å²) in [4.78, 5) is 11.3. The van der Waals surface area contributed by atoms with Gasteiger partial charge in [0.05, 0.1) is 12.5 Å². The zero-order chi connectivity index (χ0) is 11.7. The van der Waals surface area contributed by atoms with Crippen LogP contribution in [0.2, 0.25) is 0 Å². The number of hydrogen-bond acceptors (Lipinski definition) is 2. The Labute approximate surface area is 93.0 Å². The highest BCUT2D eigenvalue weighted by Crippen LogP contribution is 2.15. The SMILES string of the molecule is C=CCCC(=C)CCC(C)C(=O)OCC. The van der Waals surface area contributed by atoms with Crippen molar-refractivity contribution in [3.63, 3.8) is 0 Å². The minimum atomic E-state index is -0.103. The van der Waals surface area contributed by atoms with Crippen LogP contribution in [0.4, 0.5) is 0 Å². The number of carbonyl (C=O) groups excluding carboxylic acids is 1. The maximum absolute atomic E-state index is 11.3. The molecular weight excluding hydrogens is 188 g/mol. The number of hydrogen-bond donors (Lipinski definition) is 0. The van der Waals surface area contributed by atoms with Gasteiger partial charge in [-0.1, -0.05) is 25.2 Å². The van der Waals surface area contributed by atoms with Gasteiger partial charge in [0, 0.05) is 0 Å². The summed E-state index contributed by atoms with van der Waals surface area (Å²) in [6.45, 7) is 11.8. The van der Waals surface area contributed by atoms with Crippen LogP contribution in [0.15, 0.2) is 24.8 Å². The van der Waals surface area contributed by atoms with Crippen molar-refractivity contribution in [3.05, 3.63) is 24.8 Å². The third-order valence-corrected chi connectivity index (χ3v) is 2.32. The Kier molecular flexibility index (Phi) is 7.69. The van der Waals surface area contributed by atoms with Crippen molar-refractivity contribution in [1.29, 1.82) is 0 Å². The molecule has 2 heteroatoms. The lowest BCUT2D eigenvalue weighted by molar-refractivity contribution is -0.147. The number of ether oxygens (including phenoxy) is 1. The molecule has 2 nitrogen and oxygen atoms in total. The molecule has 0 amide bonds. The third-order valence-electron chi connectivity index (χ3n) is 2.32. The average molecular weight is 210 g/mol. The van der Waals surface area contributed by atoms with E-state index in [-0.39, 0.29) is 11.9 Å². The highest BCUT2D eigenvalue weighted by atomic mass is 16.5. The summed E-state index contributed by atoms with van der Waals surface area (Å²) in [7, 11) is 0. The first-order chi connectivity index (χ1) is 7.11. The fraction of sp³-hybridized carbons (Fsp3) is 0.615. The van der Waals surface area contributed by atoms with E-state index < -0.39 is 0 Å². The first kappa shape index (κ1) is 13.9. The van der Waals surface area contributed by atoms with Crippen molar-refractivity contribution in [2.24, 2.45) is 5.92 Å². The lowest BCUT2D eigenvalue weighted by Crippen LogP contribution is -2.14. The van der Waals surface area contributed by atoms with Crippen LogP contribution < -0.4 is 0 Å². The first-order valence-electron chi connectivity index (χ1n) is 5.56. The van der Waals surface area contributed by atoms with Gasteiger partial charge in [-0.25, -0.2) is 0 Å². The summed E-state index contributed by atoms with van der Waals surface area (Å²) in [5.41, 5.74) is 1.19. The monoisotopic (exact) mass is 210 g/mol. The molecule has 0 aromatic heterocycles. The molecule has 0 fully saturated rings. The summed E-state index contributed by atoms with van der Waals surface area (Å²) in [6, 6.07) is 0. The second-order valence-electron chi connectivity index (χ2n) is 3.77. The van der Waals surface area contributed by atoms with E-state index >= 15 is 0 Å². The van der Waals surface area contributed by atoms with Gasteiger partial charge in [0.15, 0.2) is 0 Å². The van der Waals surface area contributed by atoms with Gasteiger partial charge in [0.25, 0.3) is 0 Å². The largest absolute Gasteiger partial charge is 0.466 e. The molecule has 0 aromatic carbocycles. The smallest absolute Gasteiger partial charge is 0.308 e. The van der Waals surface area contributed by atoms with Crippen molar-refractivity contribution in [2.45, 2.75) is 39.5 Å². The van der Waals surface area contributed by atoms with E-state index in [0.717, 1.165) is 25.7 Å². The lowest BCUT2D eigenvalue weighted by Gasteiger charge is -2.10. The quantitative estimate of drug-likeness (QED) is 0.453. The average Bonchev–Trinajstić information content (AvgIpc) is 2.23. The molecular formula is C13H22O2.